The Morgan fingerprint density at radius 2 is 2.18 bits per heavy atom. The SMILES string of the molecule is C[C@]12CCC(=O)N1[C@H](C(=O)NCCc1ccc(F)cc1)CS2. The number of amides is 2. The van der Waals surface area contributed by atoms with Crippen LogP contribution in [0.5, 0.6) is 0 Å². The normalized spacial score (nSPS) is 27.1. The summed E-state index contributed by atoms with van der Waals surface area (Å²) in [5.74, 6) is 0.382. The Hall–Kier alpha value is -1.56. The van der Waals surface area contributed by atoms with Gasteiger partial charge in [0.05, 0.1) is 4.87 Å². The van der Waals surface area contributed by atoms with E-state index in [2.05, 4.69) is 5.32 Å². The molecule has 2 fully saturated rings. The van der Waals surface area contributed by atoms with Gasteiger partial charge in [0.1, 0.15) is 11.9 Å². The predicted molar refractivity (Wildman–Crippen MR) is 83.8 cm³/mol. The van der Waals surface area contributed by atoms with Crippen molar-refractivity contribution in [3.05, 3.63) is 35.6 Å². The number of carbonyl (C=O) groups is 2. The standard InChI is InChI=1S/C16H19FN2O2S/c1-16-8-6-14(20)19(16)13(10-22-16)15(21)18-9-7-11-2-4-12(17)5-3-11/h2-5,13H,6-10H2,1H3,(H,18,21)/t13-,16-/m0/s1. The van der Waals surface area contributed by atoms with Crippen LogP contribution in [0.2, 0.25) is 0 Å². The van der Waals surface area contributed by atoms with E-state index >= 15 is 0 Å². The summed E-state index contributed by atoms with van der Waals surface area (Å²) in [4.78, 5) is 25.9. The first-order valence-corrected chi connectivity index (χ1v) is 8.46. The number of benzene rings is 1. The lowest BCUT2D eigenvalue weighted by Crippen LogP contribution is -2.50. The molecule has 118 valence electrons. The predicted octanol–water partition coefficient (Wildman–Crippen LogP) is 1.94. The molecule has 1 N–H and O–H groups in total. The number of hydrogen-bond donors (Lipinski definition) is 1. The molecule has 2 aliphatic heterocycles. The Morgan fingerprint density at radius 3 is 2.91 bits per heavy atom. The molecule has 0 aliphatic carbocycles. The van der Waals surface area contributed by atoms with Gasteiger partial charge in [-0.3, -0.25) is 9.59 Å². The van der Waals surface area contributed by atoms with E-state index in [1.165, 1.54) is 12.1 Å². The molecule has 0 spiro atoms. The number of halogens is 1. The number of nitrogens with one attached hydrogen (secondary N) is 1. The topological polar surface area (TPSA) is 49.4 Å². The zero-order chi connectivity index (χ0) is 15.7. The van der Waals surface area contributed by atoms with Crippen LogP contribution >= 0.6 is 11.8 Å². The summed E-state index contributed by atoms with van der Waals surface area (Å²) in [5.41, 5.74) is 0.976. The van der Waals surface area contributed by atoms with Crippen molar-refractivity contribution in [2.45, 2.75) is 37.1 Å². The highest BCUT2D eigenvalue weighted by Gasteiger charge is 2.52. The summed E-state index contributed by atoms with van der Waals surface area (Å²) in [5, 5.41) is 2.90. The number of carbonyl (C=O) groups excluding carboxylic acids is 2. The van der Waals surface area contributed by atoms with Gasteiger partial charge in [0.25, 0.3) is 0 Å². The van der Waals surface area contributed by atoms with Crippen LogP contribution in [0.15, 0.2) is 24.3 Å². The van der Waals surface area contributed by atoms with Crippen molar-refractivity contribution in [1.29, 1.82) is 0 Å². The summed E-state index contributed by atoms with van der Waals surface area (Å²) in [6, 6.07) is 5.90. The lowest BCUT2D eigenvalue weighted by Gasteiger charge is -2.29. The number of hydrogen-bond acceptors (Lipinski definition) is 3. The molecule has 2 atom stereocenters. The third-order valence-electron chi connectivity index (χ3n) is 4.37. The molecule has 0 unspecified atom stereocenters. The van der Waals surface area contributed by atoms with Gasteiger partial charge in [-0.15, -0.1) is 11.8 Å². The van der Waals surface area contributed by atoms with Crippen LogP contribution in [0.25, 0.3) is 0 Å². The van der Waals surface area contributed by atoms with Gasteiger partial charge in [-0.1, -0.05) is 12.1 Å². The van der Waals surface area contributed by atoms with Crippen LogP contribution in [0.4, 0.5) is 4.39 Å². The van der Waals surface area contributed by atoms with Crippen LogP contribution in [-0.2, 0) is 16.0 Å². The number of thioether (sulfide) groups is 1. The van der Waals surface area contributed by atoms with E-state index in [0.29, 0.717) is 25.1 Å². The Morgan fingerprint density at radius 1 is 1.45 bits per heavy atom. The van der Waals surface area contributed by atoms with Gasteiger partial charge in [0, 0.05) is 18.7 Å². The molecular formula is C16H19FN2O2S. The molecule has 3 rings (SSSR count). The highest BCUT2D eigenvalue weighted by atomic mass is 32.2. The molecule has 1 aromatic carbocycles. The van der Waals surface area contributed by atoms with E-state index in [0.717, 1.165) is 12.0 Å². The minimum Gasteiger partial charge on any atom is -0.354 e. The van der Waals surface area contributed by atoms with Gasteiger partial charge in [-0.2, -0.15) is 0 Å². The molecule has 22 heavy (non-hydrogen) atoms. The first-order valence-electron chi connectivity index (χ1n) is 7.48. The fourth-order valence-electron chi connectivity index (χ4n) is 3.11. The van der Waals surface area contributed by atoms with Crippen molar-refractivity contribution in [2.75, 3.05) is 12.3 Å². The fourth-order valence-corrected chi connectivity index (χ4v) is 4.55. The summed E-state index contributed by atoms with van der Waals surface area (Å²) in [6.07, 6.45) is 2.00. The van der Waals surface area contributed by atoms with Crippen molar-refractivity contribution in [2.24, 2.45) is 0 Å². The molecule has 6 heteroatoms. The van der Waals surface area contributed by atoms with Gasteiger partial charge in [-0.05, 0) is 37.5 Å². The first-order chi connectivity index (χ1) is 10.5. The molecular weight excluding hydrogens is 303 g/mol. The lowest BCUT2D eigenvalue weighted by atomic mass is 10.1. The van der Waals surface area contributed by atoms with Gasteiger partial charge in [0.15, 0.2) is 0 Å². The van der Waals surface area contributed by atoms with E-state index in [4.69, 9.17) is 0 Å². The molecule has 0 saturated carbocycles. The number of fused-ring (bicyclic) bond motifs is 1. The minimum absolute atomic E-state index is 0.0752. The Kier molecular flexibility index (Phi) is 4.12. The van der Waals surface area contributed by atoms with Gasteiger partial charge in [-0.25, -0.2) is 4.39 Å². The lowest BCUT2D eigenvalue weighted by molar-refractivity contribution is -0.137. The first kappa shape index (κ1) is 15.3. The maximum atomic E-state index is 12.8. The second-order valence-corrected chi connectivity index (χ2v) is 7.43. The largest absolute Gasteiger partial charge is 0.354 e. The van der Waals surface area contributed by atoms with Crippen molar-refractivity contribution in [1.82, 2.24) is 10.2 Å². The Labute approximate surface area is 133 Å². The summed E-state index contributed by atoms with van der Waals surface area (Å²) in [7, 11) is 0. The Balaban J connectivity index is 1.54. The molecule has 0 radical (unpaired) electrons. The van der Waals surface area contributed by atoms with E-state index in [9.17, 15) is 14.0 Å². The number of nitrogens with zero attached hydrogens (tertiary/aromatic N) is 1. The molecule has 0 aromatic heterocycles. The van der Waals surface area contributed by atoms with Crippen LogP contribution in [0.1, 0.15) is 25.3 Å². The molecule has 2 amide bonds. The van der Waals surface area contributed by atoms with E-state index in [-0.39, 0.29) is 28.5 Å². The van der Waals surface area contributed by atoms with E-state index < -0.39 is 0 Å². The zero-order valence-corrected chi connectivity index (χ0v) is 13.3. The van der Waals surface area contributed by atoms with Crippen molar-refractivity contribution >= 4 is 23.6 Å². The van der Waals surface area contributed by atoms with Crippen molar-refractivity contribution in [3.8, 4) is 0 Å². The van der Waals surface area contributed by atoms with E-state index in [1.807, 2.05) is 6.92 Å². The summed E-state index contributed by atoms with van der Waals surface area (Å²) in [6.45, 7) is 2.53. The van der Waals surface area contributed by atoms with Crippen LogP contribution in [0.3, 0.4) is 0 Å². The number of rotatable bonds is 4. The van der Waals surface area contributed by atoms with Gasteiger partial charge < -0.3 is 10.2 Å². The molecule has 2 aliphatic rings. The van der Waals surface area contributed by atoms with Gasteiger partial charge in [0.2, 0.25) is 11.8 Å². The van der Waals surface area contributed by atoms with Crippen LogP contribution in [0, 0.1) is 5.82 Å². The zero-order valence-electron chi connectivity index (χ0n) is 12.5. The average molecular weight is 322 g/mol. The van der Waals surface area contributed by atoms with Crippen molar-refractivity contribution in [3.63, 3.8) is 0 Å². The van der Waals surface area contributed by atoms with E-state index in [1.54, 1.807) is 28.8 Å². The highest BCUT2D eigenvalue weighted by molar-refractivity contribution is 8.01. The molecule has 2 saturated heterocycles. The second-order valence-electron chi connectivity index (χ2n) is 5.93. The van der Waals surface area contributed by atoms with Gasteiger partial charge >= 0.3 is 0 Å². The molecule has 1 aromatic rings. The summed E-state index contributed by atoms with van der Waals surface area (Å²) < 4.78 is 12.8. The third kappa shape index (κ3) is 2.84. The maximum Gasteiger partial charge on any atom is 0.243 e. The molecule has 4 nitrogen and oxygen atoms in total. The minimum atomic E-state index is -0.363. The maximum absolute atomic E-state index is 12.8. The average Bonchev–Trinajstić information content (AvgIpc) is 2.98. The quantitative estimate of drug-likeness (QED) is 0.922. The van der Waals surface area contributed by atoms with Crippen molar-refractivity contribution < 1.29 is 14.0 Å². The van der Waals surface area contributed by atoms with Crippen LogP contribution < -0.4 is 5.32 Å². The fraction of sp³-hybridized carbons (Fsp3) is 0.500. The van der Waals surface area contributed by atoms with Crippen LogP contribution in [-0.4, -0.2) is 39.9 Å². The molecule has 2 heterocycles. The monoisotopic (exact) mass is 322 g/mol. The summed E-state index contributed by atoms with van der Waals surface area (Å²) >= 11 is 1.69. The highest BCUT2D eigenvalue weighted by Crippen LogP contribution is 2.47. The Bertz CT molecular complexity index is 592. The second kappa shape index (κ2) is 5.91. The molecule has 0 bridgehead atoms. The third-order valence-corrected chi connectivity index (χ3v) is 5.88. The smallest absolute Gasteiger partial charge is 0.243 e.